The minimum absolute atomic E-state index is 0.216. The first-order valence-electron chi connectivity index (χ1n) is 10.2. The van der Waals surface area contributed by atoms with E-state index in [9.17, 15) is 4.79 Å². The van der Waals surface area contributed by atoms with Crippen LogP contribution in [0, 0.1) is 0 Å². The number of nitrogens with two attached hydrogens (primary N) is 1. The van der Waals surface area contributed by atoms with Crippen molar-refractivity contribution in [3.63, 3.8) is 0 Å². The number of H-pyrrole nitrogens is 1. The average molecular weight is 441 g/mol. The molecule has 4 rings (SSSR count). The second-order valence-electron chi connectivity index (χ2n) is 7.30. The number of ether oxygens (including phenoxy) is 1. The first-order valence-corrected chi connectivity index (χ1v) is 10.6. The van der Waals surface area contributed by atoms with Crippen molar-refractivity contribution in [1.82, 2.24) is 20.3 Å². The van der Waals surface area contributed by atoms with Crippen LogP contribution in [0.15, 0.2) is 48.8 Å². The van der Waals surface area contributed by atoms with E-state index in [-0.39, 0.29) is 11.9 Å². The predicted molar refractivity (Wildman–Crippen MR) is 120 cm³/mol. The summed E-state index contributed by atoms with van der Waals surface area (Å²) in [7, 11) is 0. The van der Waals surface area contributed by atoms with Gasteiger partial charge >= 0.3 is 0 Å². The number of carbonyl (C=O) groups is 1. The number of hydrogen-bond donors (Lipinski definition) is 3. The Kier molecular flexibility index (Phi) is 6.81. The summed E-state index contributed by atoms with van der Waals surface area (Å²) >= 11 is 6.11. The molecule has 1 aromatic carbocycles. The molecule has 1 unspecified atom stereocenters. The largest absolute Gasteiger partial charge is 0.378 e. The van der Waals surface area contributed by atoms with Crippen LogP contribution in [-0.2, 0) is 4.74 Å². The van der Waals surface area contributed by atoms with Crippen LogP contribution < -0.4 is 16.0 Å². The van der Waals surface area contributed by atoms with Gasteiger partial charge in [-0.15, -0.1) is 0 Å². The molecule has 1 aliphatic heterocycles. The molecule has 4 N–H and O–H groups in total. The van der Waals surface area contributed by atoms with Crippen LogP contribution in [0.5, 0.6) is 0 Å². The van der Waals surface area contributed by atoms with E-state index in [0.717, 1.165) is 29.9 Å². The SMILES string of the molecule is NCCC(NC(=O)c1cc(-c2ccnc(N3CCOCC3)n2)c[nH]1)c1cccc(Cl)c1. The first kappa shape index (κ1) is 21.3. The standard InChI is InChI=1S/C22H25ClN6O2/c23-17-3-1-2-15(12-17)18(4-6-24)27-21(30)20-13-16(14-26-20)19-5-7-25-22(28-19)29-8-10-31-11-9-29/h1-3,5,7,12-14,18,26H,4,6,8-11,24H2,(H,27,30). The molecule has 3 aromatic rings. The lowest BCUT2D eigenvalue weighted by Crippen LogP contribution is -2.37. The molecule has 0 radical (unpaired) electrons. The van der Waals surface area contributed by atoms with Crippen molar-refractivity contribution in [1.29, 1.82) is 0 Å². The summed E-state index contributed by atoms with van der Waals surface area (Å²) in [6.45, 7) is 3.29. The highest BCUT2D eigenvalue weighted by Gasteiger charge is 2.18. The van der Waals surface area contributed by atoms with E-state index < -0.39 is 0 Å². The third-order valence-corrected chi connectivity index (χ3v) is 5.41. The Labute approximate surface area is 185 Å². The molecular weight excluding hydrogens is 416 g/mol. The van der Waals surface area contributed by atoms with Crippen molar-refractivity contribution in [3.8, 4) is 11.3 Å². The monoisotopic (exact) mass is 440 g/mol. The zero-order valence-electron chi connectivity index (χ0n) is 17.1. The molecule has 162 valence electrons. The van der Waals surface area contributed by atoms with Gasteiger partial charge in [0.2, 0.25) is 5.95 Å². The minimum atomic E-state index is -0.227. The van der Waals surface area contributed by atoms with Crippen LogP contribution in [0.3, 0.4) is 0 Å². The lowest BCUT2D eigenvalue weighted by molar-refractivity contribution is 0.0930. The molecular formula is C22H25ClN6O2. The zero-order chi connectivity index (χ0) is 21.6. The molecule has 1 fully saturated rings. The normalized spacial score (nSPS) is 15.0. The van der Waals surface area contributed by atoms with Gasteiger partial charge in [-0.25, -0.2) is 9.97 Å². The van der Waals surface area contributed by atoms with Crippen LogP contribution in [-0.4, -0.2) is 53.7 Å². The van der Waals surface area contributed by atoms with Gasteiger partial charge in [0.1, 0.15) is 5.69 Å². The third-order valence-electron chi connectivity index (χ3n) is 5.17. The van der Waals surface area contributed by atoms with Gasteiger partial charge in [-0.2, -0.15) is 0 Å². The molecule has 1 aliphatic rings. The Bertz CT molecular complexity index is 1030. The smallest absolute Gasteiger partial charge is 0.268 e. The maximum Gasteiger partial charge on any atom is 0.268 e. The molecule has 2 aromatic heterocycles. The molecule has 1 atom stereocenters. The molecule has 0 bridgehead atoms. The number of nitrogens with zero attached hydrogens (tertiary/aromatic N) is 3. The van der Waals surface area contributed by atoms with Gasteiger partial charge in [0.25, 0.3) is 5.91 Å². The predicted octanol–water partition coefficient (Wildman–Crippen LogP) is 2.78. The Balaban J connectivity index is 1.49. The highest BCUT2D eigenvalue weighted by atomic mass is 35.5. The summed E-state index contributed by atoms with van der Waals surface area (Å²) in [5, 5.41) is 3.66. The fraction of sp³-hybridized carbons (Fsp3) is 0.318. The van der Waals surface area contributed by atoms with Crippen LogP contribution in [0.25, 0.3) is 11.3 Å². The van der Waals surface area contributed by atoms with Gasteiger partial charge in [-0.3, -0.25) is 4.79 Å². The second kappa shape index (κ2) is 9.91. The van der Waals surface area contributed by atoms with E-state index in [1.165, 1.54) is 0 Å². The number of aromatic amines is 1. The zero-order valence-corrected chi connectivity index (χ0v) is 17.8. The van der Waals surface area contributed by atoms with E-state index in [1.807, 2.05) is 24.3 Å². The maximum atomic E-state index is 12.9. The summed E-state index contributed by atoms with van der Waals surface area (Å²) in [5.41, 5.74) is 8.70. The van der Waals surface area contributed by atoms with Crippen LogP contribution in [0.2, 0.25) is 5.02 Å². The fourth-order valence-electron chi connectivity index (χ4n) is 3.55. The molecule has 31 heavy (non-hydrogen) atoms. The van der Waals surface area contributed by atoms with Gasteiger partial charge in [-0.05, 0) is 42.8 Å². The Morgan fingerprint density at radius 2 is 2.13 bits per heavy atom. The molecule has 0 spiro atoms. The number of nitrogens with one attached hydrogen (secondary N) is 2. The van der Waals surface area contributed by atoms with Crippen LogP contribution in [0.4, 0.5) is 5.95 Å². The quantitative estimate of drug-likeness (QED) is 0.521. The van der Waals surface area contributed by atoms with E-state index in [4.69, 9.17) is 22.1 Å². The highest BCUT2D eigenvalue weighted by Crippen LogP contribution is 2.23. The minimum Gasteiger partial charge on any atom is -0.378 e. The van der Waals surface area contributed by atoms with Gasteiger partial charge in [0.05, 0.1) is 24.9 Å². The molecule has 1 amide bonds. The van der Waals surface area contributed by atoms with Gasteiger partial charge in [-0.1, -0.05) is 23.7 Å². The fourth-order valence-corrected chi connectivity index (χ4v) is 3.75. The number of aromatic nitrogens is 3. The highest BCUT2D eigenvalue weighted by molar-refractivity contribution is 6.30. The molecule has 3 heterocycles. The number of carbonyl (C=O) groups excluding carboxylic acids is 1. The number of amides is 1. The number of hydrogen-bond acceptors (Lipinski definition) is 6. The van der Waals surface area contributed by atoms with E-state index in [1.54, 1.807) is 24.5 Å². The molecule has 0 saturated carbocycles. The summed E-state index contributed by atoms with van der Waals surface area (Å²) in [6.07, 6.45) is 4.11. The number of rotatable bonds is 7. The molecule has 1 saturated heterocycles. The molecule has 0 aliphatic carbocycles. The topological polar surface area (TPSA) is 109 Å². The first-order chi connectivity index (χ1) is 15.1. The number of benzene rings is 1. The number of morpholine rings is 1. The Morgan fingerprint density at radius 1 is 1.29 bits per heavy atom. The van der Waals surface area contributed by atoms with E-state index >= 15 is 0 Å². The van der Waals surface area contributed by atoms with E-state index in [2.05, 4.69) is 25.2 Å². The van der Waals surface area contributed by atoms with E-state index in [0.29, 0.717) is 42.8 Å². The van der Waals surface area contributed by atoms with Gasteiger partial charge < -0.3 is 25.7 Å². The van der Waals surface area contributed by atoms with Crippen LogP contribution >= 0.6 is 11.6 Å². The van der Waals surface area contributed by atoms with Crippen LogP contribution in [0.1, 0.15) is 28.5 Å². The number of halogens is 1. The van der Waals surface area contributed by atoms with Crippen molar-refractivity contribution < 1.29 is 9.53 Å². The lowest BCUT2D eigenvalue weighted by Gasteiger charge is -2.26. The van der Waals surface area contributed by atoms with Crippen molar-refractivity contribution in [3.05, 3.63) is 65.1 Å². The molecule has 9 heteroatoms. The number of anilines is 1. The van der Waals surface area contributed by atoms with Gasteiger partial charge in [0, 0.05) is 36.1 Å². The van der Waals surface area contributed by atoms with Crippen molar-refractivity contribution in [2.75, 3.05) is 37.7 Å². The van der Waals surface area contributed by atoms with Gasteiger partial charge in [0.15, 0.2) is 0 Å². The molecule has 8 nitrogen and oxygen atoms in total. The Morgan fingerprint density at radius 3 is 2.90 bits per heavy atom. The third kappa shape index (κ3) is 5.22. The summed E-state index contributed by atoms with van der Waals surface area (Å²) in [5.74, 6) is 0.448. The maximum absolute atomic E-state index is 12.9. The lowest BCUT2D eigenvalue weighted by atomic mass is 10.0. The van der Waals surface area contributed by atoms with Crippen molar-refractivity contribution >= 4 is 23.5 Å². The Hall–Kier alpha value is -2.94. The van der Waals surface area contributed by atoms with Crippen molar-refractivity contribution in [2.45, 2.75) is 12.5 Å². The second-order valence-corrected chi connectivity index (χ2v) is 7.74. The summed E-state index contributed by atoms with van der Waals surface area (Å²) < 4.78 is 5.39. The summed E-state index contributed by atoms with van der Waals surface area (Å²) in [6, 6.07) is 10.8. The average Bonchev–Trinajstić information content (AvgIpc) is 3.30. The van der Waals surface area contributed by atoms with Crippen molar-refractivity contribution in [2.24, 2.45) is 5.73 Å². The summed E-state index contributed by atoms with van der Waals surface area (Å²) in [4.78, 5) is 27.1.